The Kier molecular flexibility index (Phi) is 10.2. The van der Waals surface area contributed by atoms with Crippen LogP contribution in [0.15, 0.2) is 23.2 Å². The van der Waals surface area contributed by atoms with E-state index in [1.807, 2.05) is 0 Å². The maximum atomic E-state index is 6.06. The van der Waals surface area contributed by atoms with Gasteiger partial charge in [-0.1, -0.05) is 19.1 Å². The zero-order valence-electron chi connectivity index (χ0n) is 15.8. The highest BCUT2D eigenvalue weighted by molar-refractivity contribution is 14.0. The van der Waals surface area contributed by atoms with Gasteiger partial charge in [-0.3, -0.25) is 4.99 Å². The zero-order valence-corrected chi connectivity index (χ0v) is 18.1. The number of aliphatic imine (C=N–C) groups is 1. The molecule has 5 nitrogen and oxygen atoms in total. The molecule has 2 N–H and O–H groups in total. The molecule has 0 amide bonds. The van der Waals surface area contributed by atoms with E-state index < -0.39 is 0 Å². The number of aryl methyl sites for hydroxylation is 1. The van der Waals surface area contributed by atoms with Crippen molar-refractivity contribution in [2.45, 2.75) is 58.8 Å². The molecule has 1 aromatic carbocycles. The number of hydrogen-bond donors (Lipinski definition) is 2. The van der Waals surface area contributed by atoms with Crippen LogP contribution in [0, 0.1) is 6.92 Å². The second-order valence-corrected chi connectivity index (χ2v) is 6.39. The summed E-state index contributed by atoms with van der Waals surface area (Å²) in [5, 5.41) is 6.70. The van der Waals surface area contributed by atoms with Crippen molar-refractivity contribution in [1.82, 2.24) is 10.6 Å². The Hall–Kier alpha value is -1.02. The van der Waals surface area contributed by atoms with Gasteiger partial charge in [0.25, 0.3) is 0 Å². The summed E-state index contributed by atoms with van der Waals surface area (Å²) in [5.74, 6) is 1.74. The summed E-state index contributed by atoms with van der Waals surface area (Å²) in [6.07, 6.45) is 3.77. The van der Waals surface area contributed by atoms with Crippen LogP contribution >= 0.6 is 24.0 Å². The number of halogens is 1. The molecule has 0 bridgehead atoms. The van der Waals surface area contributed by atoms with Crippen molar-refractivity contribution in [3.05, 3.63) is 29.3 Å². The molecular weight excluding hydrogens is 429 g/mol. The number of hydrogen-bond acceptors (Lipinski definition) is 3. The number of ether oxygens (including phenoxy) is 2. The van der Waals surface area contributed by atoms with E-state index in [9.17, 15) is 0 Å². The van der Waals surface area contributed by atoms with Gasteiger partial charge in [-0.05, 0) is 44.7 Å². The quantitative estimate of drug-likeness (QED) is 0.370. The first-order valence-corrected chi connectivity index (χ1v) is 8.94. The molecule has 25 heavy (non-hydrogen) atoms. The van der Waals surface area contributed by atoms with Crippen molar-refractivity contribution < 1.29 is 9.47 Å². The maximum Gasteiger partial charge on any atom is 0.191 e. The molecule has 1 aliphatic rings. The topological polar surface area (TPSA) is 54.9 Å². The third kappa shape index (κ3) is 7.40. The minimum Gasteiger partial charge on any atom is -0.490 e. The fourth-order valence-corrected chi connectivity index (χ4v) is 2.63. The second kappa shape index (κ2) is 11.6. The minimum atomic E-state index is 0. The lowest BCUT2D eigenvalue weighted by atomic mass is 10.1. The van der Waals surface area contributed by atoms with Crippen LogP contribution in [-0.2, 0) is 11.3 Å². The van der Waals surface area contributed by atoms with Crippen LogP contribution in [0.3, 0.4) is 0 Å². The third-order valence-corrected chi connectivity index (χ3v) is 4.32. The SMILES string of the molecule is CCC(C)Oc1cc(C)ccc1CNC(=NC)NCC1CCCO1.I. The van der Waals surface area contributed by atoms with E-state index >= 15 is 0 Å². The van der Waals surface area contributed by atoms with Crippen molar-refractivity contribution in [2.75, 3.05) is 20.2 Å². The van der Waals surface area contributed by atoms with Crippen molar-refractivity contribution in [3.63, 3.8) is 0 Å². The lowest BCUT2D eigenvalue weighted by molar-refractivity contribution is 0.114. The van der Waals surface area contributed by atoms with Crippen molar-refractivity contribution in [2.24, 2.45) is 4.99 Å². The Labute approximate surface area is 169 Å². The highest BCUT2D eigenvalue weighted by Gasteiger charge is 2.15. The highest BCUT2D eigenvalue weighted by Crippen LogP contribution is 2.22. The fraction of sp³-hybridized carbons (Fsp3) is 0.632. The van der Waals surface area contributed by atoms with Crippen LogP contribution in [-0.4, -0.2) is 38.4 Å². The summed E-state index contributed by atoms with van der Waals surface area (Å²) in [5.41, 5.74) is 2.35. The van der Waals surface area contributed by atoms with Crippen molar-refractivity contribution >= 4 is 29.9 Å². The van der Waals surface area contributed by atoms with E-state index in [0.29, 0.717) is 12.6 Å². The molecule has 0 radical (unpaired) electrons. The Morgan fingerprint density at radius 1 is 1.40 bits per heavy atom. The molecule has 1 saturated heterocycles. The average molecular weight is 461 g/mol. The molecule has 6 heteroatoms. The predicted molar refractivity (Wildman–Crippen MR) is 114 cm³/mol. The van der Waals surface area contributed by atoms with E-state index in [2.05, 4.69) is 54.6 Å². The van der Waals surface area contributed by atoms with Gasteiger partial charge in [0.1, 0.15) is 5.75 Å². The van der Waals surface area contributed by atoms with E-state index in [-0.39, 0.29) is 30.1 Å². The van der Waals surface area contributed by atoms with Gasteiger partial charge in [-0.15, -0.1) is 24.0 Å². The molecule has 1 aliphatic heterocycles. The molecule has 0 aromatic heterocycles. The molecule has 1 aromatic rings. The molecule has 0 saturated carbocycles. The Balaban J connectivity index is 0.00000312. The third-order valence-electron chi connectivity index (χ3n) is 4.32. The molecule has 142 valence electrons. The molecular formula is C19H32IN3O2. The van der Waals surface area contributed by atoms with Gasteiger partial charge in [0.15, 0.2) is 5.96 Å². The summed E-state index contributed by atoms with van der Waals surface area (Å²) in [7, 11) is 1.79. The largest absolute Gasteiger partial charge is 0.490 e. The van der Waals surface area contributed by atoms with Crippen LogP contribution in [0.2, 0.25) is 0 Å². The predicted octanol–water partition coefficient (Wildman–Crippen LogP) is 3.63. The Morgan fingerprint density at radius 2 is 2.20 bits per heavy atom. The molecule has 0 spiro atoms. The van der Waals surface area contributed by atoms with E-state index in [1.165, 1.54) is 5.56 Å². The van der Waals surface area contributed by atoms with Crippen LogP contribution < -0.4 is 15.4 Å². The molecule has 1 fully saturated rings. The van der Waals surface area contributed by atoms with Gasteiger partial charge < -0.3 is 20.1 Å². The second-order valence-electron chi connectivity index (χ2n) is 6.39. The van der Waals surface area contributed by atoms with E-state index in [0.717, 1.165) is 49.7 Å². The molecule has 1 heterocycles. The first-order valence-electron chi connectivity index (χ1n) is 8.94. The minimum absolute atomic E-state index is 0. The summed E-state index contributed by atoms with van der Waals surface area (Å²) >= 11 is 0. The molecule has 0 aliphatic carbocycles. The normalized spacial score (nSPS) is 18.4. The van der Waals surface area contributed by atoms with Crippen LogP contribution in [0.4, 0.5) is 0 Å². The van der Waals surface area contributed by atoms with Crippen molar-refractivity contribution in [3.8, 4) is 5.75 Å². The number of rotatable bonds is 7. The lowest BCUT2D eigenvalue weighted by Crippen LogP contribution is -2.40. The number of nitrogens with zero attached hydrogens (tertiary/aromatic N) is 1. The average Bonchev–Trinajstić information content (AvgIpc) is 3.10. The Bertz CT molecular complexity index is 545. The standard InChI is InChI=1S/C19H31N3O2.HI/c1-5-15(3)24-18-11-14(2)8-9-16(18)12-21-19(20-4)22-13-17-7-6-10-23-17;/h8-9,11,15,17H,5-7,10,12-13H2,1-4H3,(H2,20,21,22);1H. The molecule has 2 rings (SSSR count). The first-order chi connectivity index (χ1) is 11.6. The zero-order chi connectivity index (χ0) is 17.4. The maximum absolute atomic E-state index is 6.06. The van der Waals surface area contributed by atoms with Gasteiger partial charge in [0.05, 0.1) is 12.2 Å². The van der Waals surface area contributed by atoms with Crippen LogP contribution in [0.5, 0.6) is 5.75 Å². The molecule has 2 unspecified atom stereocenters. The number of nitrogens with one attached hydrogen (secondary N) is 2. The lowest BCUT2D eigenvalue weighted by Gasteiger charge is -2.19. The summed E-state index contributed by atoms with van der Waals surface area (Å²) < 4.78 is 11.7. The Morgan fingerprint density at radius 3 is 2.84 bits per heavy atom. The summed E-state index contributed by atoms with van der Waals surface area (Å²) in [6.45, 7) is 8.67. The number of benzene rings is 1. The van der Waals surface area contributed by atoms with Crippen LogP contribution in [0.1, 0.15) is 44.2 Å². The van der Waals surface area contributed by atoms with Crippen molar-refractivity contribution in [1.29, 1.82) is 0 Å². The van der Waals surface area contributed by atoms with Gasteiger partial charge in [0.2, 0.25) is 0 Å². The van der Waals surface area contributed by atoms with E-state index in [4.69, 9.17) is 9.47 Å². The summed E-state index contributed by atoms with van der Waals surface area (Å²) in [6, 6.07) is 6.34. The highest BCUT2D eigenvalue weighted by atomic mass is 127. The van der Waals surface area contributed by atoms with E-state index in [1.54, 1.807) is 7.05 Å². The summed E-state index contributed by atoms with van der Waals surface area (Å²) in [4.78, 5) is 4.29. The number of guanidine groups is 1. The smallest absolute Gasteiger partial charge is 0.191 e. The fourth-order valence-electron chi connectivity index (χ4n) is 2.63. The monoisotopic (exact) mass is 461 g/mol. The first kappa shape index (κ1) is 22.0. The van der Waals surface area contributed by atoms with Gasteiger partial charge in [0, 0.05) is 32.3 Å². The van der Waals surface area contributed by atoms with Crippen LogP contribution in [0.25, 0.3) is 0 Å². The van der Waals surface area contributed by atoms with Gasteiger partial charge >= 0.3 is 0 Å². The van der Waals surface area contributed by atoms with Gasteiger partial charge in [-0.25, -0.2) is 0 Å². The molecule has 2 atom stereocenters. The van der Waals surface area contributed by atoms with Gasteiger partial charge in [-0.2, -0.15) is 0 Å².